The van der Waals surface area contributed by atoms with Crippen LogP contribution >= 0.6 is 31.9 Å². The van der Waals surface area contributed by atoms with E-state index in [4.69, 9.17) is 0 Å². The Hall–Kier alpha value is -0.290. The van der Waals surface area contributed by atoms with Crippen molar-refractivity contribution in [3.63, 3.8) is 0 Å². The second-order valence-electron chi connectivity index (χ2n) is 2.41. The third-order valence-corrected chi connectivity index (χ3v) is 3.35. The number of hydrogen-bond donors (Lipinski definition) is 0. The maximum absolute atomic E-state index is 13.2. The normalized spacial score (nSPS) is 10.2. The maximum Gasteiger partial charge on any atom is 0.154 e. The standard InChI is InChI=1S/C8H4Br2F2O/c1-3-5(9)4(2-13)8(12)6(10)7(3)11/h2H,1H3. The highest BCUT2D eigenvalue weighted by atomic mass is 79.9. The number of rotatable bonds is 1. The lowest BCUT2D eigenvalue weighted by Crippen LogP contribution is -1.98. The molecule has 0 amide bonds. The molecule has 13 heavy (non-hydrogen) atoms. The zero-order chi connectivity index (χ0) is 10.2. The summed E-state index contributed by atoms with van der Waals surface area (Å²) < 4.78 is 26.1. The van der Waals surface area contributed by atoms with Crippen LogP contribution in [0.5, 0.6) is 0 Å². The van der Waals surface area contributed by atoms with Crippen molar-refractivity contribution >= 4 is 38.1 Å². The fraction of sp³-hybridized carbons (Fsp3) is 0.125. The largest absolute Gasteiger partial charge is 0.298 e. The average molecular weight is 314 g/mol. The molecule has 0 aliphatic rings. The van der Waals surface area contributed by atoms with Crippen molar-refractivity contribution in [2.45, 2.75) is 6.92 Å². The first-order valence-electron chi connectivity index (χ1n) is 3.28. The van der Waals surface area contributed by atoms with Gasteiger partial charge in [0.25, 0.3) is 0 Å². The summed E-state index contributed by atoms with van der Waals surface area (Å²) >= 11 is 5.67. The van der Waals surface area contributed by atoms with E-state index in [-0.39, 0.29) is 20.1 Å². The molecule has 0 saturated heterocycles. The summed E-state index contributed by atoms with van der Waals surface area (Å²) in [5.41, 5.74) is 0.0288. The van der Waals surface area contributed by atoms with E-state index in [9.17, 15) is 13.6 Å². The van der Waals surface area contributed by atoms with Gasteiger partial charge in [-0.25, -0.2) is 8.78 Å². The number of aldehydes is 1. The summed E-state index contributed by atoms with van der Waals surface area (Å²) in [6, 6.07) is 0. The zero-order valence-electron chi connectivity index (χ0n) is 6.50. The lowest BCUT2D eigenvalue weighted by atomic mass is 10.1. The van der Waals surface area contributed by atoms with E-state index in [0.29, 0.717) is 6.29 Å². The summed E-state index contributed by atoms with van der Waals surface area (Å²) in [6.45, 7) is 1.45. The molecule has 0 aromatic heterocycles. The Bertz CT molecular complexity index is 348. The molecule has 5 heteroatoms. The monoisotopic (exact) mass is 312 g/mol. The van der Waals surface area contributed by atoms with Gasteiger partial charge in [0, 0.05) is 10.0 Å². The molecule has 0 unspecified atom stereocenters. The topological polar surface area (TPSA) is 17.1 Å². The number of carbonyl (C=O) groups is 1. The van der Waals surface area contributed by atoms with Gasteiger partial charge in [-0.15, -0.1) is 0 Å². The van der Waals surface area contributed by atoms with E-state index in [1.807, 2.05) is 0 Å². The van der Waals surface area contributed by atoms with Gasteiger partial charge in [0.15, 0.2) is 12.1 Å². The molecule has 0 heterocycles. The first-order chi connectivity index (χ1) is 6.00. The van der Waals surface area contributed by atoms with Gasteiger partial charge < -0.3 is 0 Å². The van der Waals surface area contributed by atoms with Crippen LogP contribution in [0.4, 0.5) is 8.78 Å². The minimum atomic E-state index is -0.884. The Morgan fingerprint density at radius 2 is 1.69 bits per heavy atom. The van der Waals surface area contributed by atoms with Crippen molar-refractivity contribution < 1.29 is 13.6 Å². The molecule has 0 spiro atoms. The summed E-state index contributed by atoms with van der Waals surface area (Å²) in [6.07, 6.45) is 0.344. The van der Waals surface area contributed by atoms with E-state index >= 15 is 0 Å². The van der Waals surface area contributed by atoms with Crippen LogP contribution in [0.1, 0.15) is 15.9 Å². The third-order valence-electron chi connectivity index (χ3n) is 1.63. The van der Waals surface area contributed by atoms with E-state index in [1.165, 1.54) is 6.92 Å². The van der Waals surface area contributed by atoms with Crippen LogP contribution in [-0.2, 0) is 0 Å². The SMILES string of the molecule is Cc1c(F)c(Br)c(F)c(C=O)c1Br. The molecule has 1 aromatic carbocycles. The first kappa shape index (κ1) is 10.8. The second-order valence-corrected chi connectivity index (χ2v) is 4.00. The van der Waals surface area contributed by atoms with Gasteiger partial charge in [0.05, 0.1) is 10.0 Å². The van der Waals surface area contributed by atoms with Crippen molar-refractivity contribution in [3.8, 4) is 0 Å². The quantitative estimate of drug-likeness (QED) is 0.440. The van der Waals surface area contributed by atoms with Crippen LogP contribution in [-0.4, -0.2) is 6.29 Å². The molecule has 0 radical (unpaired) electrons. The van der Waals surface area contributed by atoms with Crippen LogP contribution in [0.2, 0.25) is 0 Å². The maximum atomic E-state index is 13.2. The Balaban J connectivity index is 3.66. The van der Waals surface area contributed by atoms with Gasteiger partial charge in [-0.2, -0.15) is 0 Å². The Morgan fingerprint density at radius 1 is 1.15 bits per heavy atom. The molecule has 1 aromatic rings. The Kier molecular flexibility index (Phi) is 3.18. The minimum Gasteiger partial charge on any atom is -0.298 e. The van der Waals surface area contributed by atoms with Crippen molar-refractivity contribution in [1.29, 1.82) is 0 Å². The van der Waals surface area contributed by atoms with Gasteiger partial charge in [-0.05, 0) is 38.8 Å². The van der Waals surface area contributed by atoms with Crippen molar-refractivity contribution in [3.05, 3.63) is 31.7 Å². The van der Waals surface area contributed by atoms with Gasteiger partial charge in [-0.1, -0.05) is 0 Å². The molecule has 0 bridgehead atoms. The molecule has 0 N–H and O–H groups in total. The molecule has 1 nitrogen and oxygen atoms in total. The molecule has 0 saturated carbocycles. The summed E-state index contributed by atoms with van der Waals surface area (Å²) in [4.78, 5) is 10.5. The highest BCUT2D eigenvalue weighted by molar-refractivity contribution is 9.11. The number of hydrogen-bond acceptors (Lipinski definition) is 1. The molecule has 0 atom stereocenters. The zero-order valence-corrected chi connectivity index (χ0v) is 9.67. The van der Waals surface area contributed by atoms with Crippen molar-refractivity contribution in [2.75, 3.05) is 0 Å². The van der Waals surface area contributed by atoms with Gasteiger partial charge in [0.1, 0.15) is 5.82 Å². The van der Waals surface area contributed by atoms with Crippen LogP contribution in [0.25, 0.3) is 0 Å². The molecule has 70 valence electrons. The third kappa shape index (κ3) is 1.67. The van der Waals surface area contributed by atoms with Gasteiger partial charge in [0.2, 0.25) is 0 Å². The molecule has 1 rings (SSSR count). The summed E-state index contributed by atoms with van der Waals surface area (Å²) in [5.74, 6) is -1.58. The molecule has 0 aliphatic carbocycles. The van der Waals surface area contributed by atoms with E-state index in [1.54, 1.807) is 0 Å². The van der Waals surface area contributed by atoms with Crippen LogP contribution in [0, 0.1) is 18.6 Å². The van der Waals surface area contributed by atoms with Crippen LogP contribution < -0.4 is 0 Å². The predicted molar refractivity (Wildman–Crippen MR) is 51.9 cm³/mol. The van der Waals surface area contributed by atoms with Gasteiger partial charge >= 0.3 is 0 Å². The van der Waals surface area contributed by atoms with E-state index < -0.39 is 11.6 Å². The van der Waals surface area contributed by atoms with E-state index in [0.717, 1.165) is 0 Å². The Morgan fingerprint density at radius 3 is 2.15 bits per heavy atom. The second kappa shape index (κ2) is 3.84. The number of benzene rings is 1. The smallest absolute Gasteiger partial charge is 0.154 e. The lowest BCUT2D eigenvalue weighted by Gasteiger charge is -2.06. The highest BCUT2D eigenvalue weighted by Gasteiger charge is 2.18. The van der Waals surface area contributed by atoms with Crippen molar-refractivity contribution in [2.24, 2.45) is 0 Å². The molecular formula is C8H4Br2F2O. The fourth-order valence-electron chi connectivity index (χ4n) is 0.877. The summed E-state index contributed by atoms with van der Waals surface area (Å²) in [5, 5.41) is 0. The molecular weight excluding hydrogens is 310 g/mol. The average Bonchev–Trinajstić information content (AvgIpc) is 2.13. The van der Waals surface area contributed by atoms with Crippen molar-refractivity contribution in [1.82, 2.24) is 0 Å². The lowest BCUT2D eigenvalue weighted by molar-refractivity contribution is 0.111. The number of carbonyl (C=O) groups excluding carboxylic acids is 1. The first-order valence-corrected chi connectivity index (χ1v) is 4.87. The molecule has 0 aliphatic heterocycles. The van der Waals surface area contributed by atoms with Crippen LogP contribution in [0.15, 0.2) is 8.95 Å². The minimum absolute atomic E-state index is 0.153. The van der Waals surface area contributed by atoms with E-state index in [2.05, 4.69) is 31.9 Å². The predicted octanol–water partition coefficient (Wildman–Crippen LogP) is 3.61. The summed E-state index contributed by atoms with van der Waals surface area (Å²) in [7, 11) is 0. The number of halogens is 4. The van der Waals surface area contributed by atoms with Gasteiger partial charge in [-0.3, -0.25) is 4.79 Å². The highest BCUT2D eigenvalue weighted by Crippen LogP contribution is 2.31. The fourth-order valence-corrected chi connectivity index (χ4v) is 1.83. The molecule has 0 fully saturated rings. The van der Waals surface area contributed by atoms with Crippen LogP contribution in [0.3, 0.4) is 0 Å². The Labute approximate surface area is 90.4 Å².